The highest BCUT2D eigenvalue weighted by molar-refractivity contribution is 5.91. The molecular weight excluding hydrogens is 342 g/mol. The molecule has 0 atom stereocenters. The molecule has 0 bridgehead atoms. The minimum absolute atomic E-state index is 0.0467. The van der Waals surface area contributed by atoms with Crippen LogP contribution < -0.4 is 10.6 Å². The van der Waals surface area contributed by atoms with Crippen molar-refractivity contribution >= 4 is 17.6 Å². The number of para-hydroxylation sites is 1. The van der Waals surface area contributed by atoms with Gasteiger partial charge in [-0.2, -0.15) is 0 Å². The van der Waals surface area contributed by atoms with E-state index in [1.165, 1.54) is 6.26 Å². The van der Waals surface area contributed by atoms with Gasteiger partial charge in [0.15, 0.2) is 11.7 Å². The number of nitrogens with one attached hydrogen (secondary N) is 2. The van der Waals surface area contributed by atoms with E-state index in [1.54, 1.807) is 19.2 Å². The van der Waals surface area contributed by atoms with Crippen LogP contribution in [0.15, 0.2) is 58.1 Å². The van der Waals surface area contributed by atoms with Crippen molar-refractivity contribution < 1.29 is 9.21 Å². The van der Waals surface area contributed by atoms with Crippen LogP contribution in [0.3, 0.4) is 0 Å². The van der Waals surface area contributed by atoms with Gasteiger partial charge < -0.3 is 24.9 Å². The molecule has 0 aliphatic carbocycles. The van der Waals surface area contributed by atoms with Gasteiger partial charge in [0.2, 0.25) is 0 Å². The highest BCUT2D eigenvalue weighted by Crippen LogP contribution is 2.09. The standard InChI is InChI=1S/C20H27N5O2/c1-21-20(23-11-6-10-22-17-7-3-2-4-8-17)25-14-12-24(13-15-25)19(26)18-9-5-16-27-18/h2-5,7-9,16,22H,6,10-15H2,1H3,(H,21,23). The molecule has 1 amide bonds. The maximum absolute atomic E-state index is 12.3. The van der Waals surface area contributed by atoms with Crippen molar-refractivity contribution in [2.75, 3.05) is 51.6 Å². The van der Waals surface area contributed by atoms with Crippen LogP contribution in [0.5, 0.6) is 0 Å². The predicted molar refractivity (Wildman–Crippen MR) is 107 cm³/mol. The number of anilines is 1. The van der Waals surface area contributed by atoms with Crippen LogP contribution in [-0.4, -0.2) is 68.0 Å². The number of benzene rings is 1. The quantitative estimate of drug-likeness (QED) is 0.464. The van der Waals surface area contributed by atoms with Gasteiger partial charge in [-0.15, -0.1) is 0 Å². The molecule has 0 spiro atoms. The minimum atomic E-state index is -0.0467. The zero-order chi connectivity index (χ0) is 18.9. The molecular formula is C20H27N5O2. The maximum Gasteiger partial charge on any atom is 0.289 e. The molecule has 1 fully saturated rings. The van der Waals surface area contributed by atoms with Crippen LogP contribution >= 0.6 is 0 Å². The van der Waals surface area contributed by atoms with E-state index in [2.05, 4.69) is 32.7 Å². The normalized spacial score (nSPS) is 14.9. The smallest absolute Gasteiger partial charge is 0.289 e. The highest BCUT2D eigenvalue weighted by atomic mass is 16.3. The summed E-state index contributed by atoms with van der Waals surface area (Å²) in [5.41, 5.74) is 1.14. The van der Waals surface area contributed by atoms with Crippen molar-refractivity contribution in [2.24, 2.45) is 4.99 Å². The molecule has 1 saturated heterocycles. The Balaban J connectivity index is 1.37. The van der Waals surface area contributed by atoms with Crippen LogP contribution in [0.4, 0.5) is 5.69 Å². The Morgan fingerprint density at radius 1 is 1.04 bits per heavy atom. The lowest BCUT2D eigenvalue weighted by atomic mass is 10.3. The second-order valence-corrected chi connectivity index (χ2v) is 6.38. The summed E-state index contributed by atoms with van der Waals surface area (Å²) in [4.78, 5) is 20.7. The molecule has 3 rings (SSSR count). The van der Waals surface area contributed by atoms with Crippen LogP contribution in [0.2, 0.25) is 0 Å². The molecule has 2 heterocycles. The molecule has 0 saturated carbocycles. The van der Waals surface area contributed by atoms with E-state index in [0.29, 0.717) is 18.8 Å². The number of hydrogen-bond donors (Lipinski definition) is 2. The summed E-state index contributed by atoms with van der Waals surface area (Å²) in [6, 6.07) is 13.6. The topological polar surface area (TPSA) is 73.1 Å². The lowest BCUT2D eigenvalue weighted by molar-refractivity contribution is 0.0658. The first-order chi connectivity index (χ1) is 13.3. The molecule has 7 nitrogen and oxygen atoms in total. The van der Waals surface area contributed by atoms with Crippen LogP contribution in [0, 0.1) is 0 Å². The largest absolute Gasteiger partial charge is 0.459 e. The predicted octanol–water partition coefficient (Wildman–Crippen LogP) is 2.11. The SMILES string of the molecule is CN=C(NCCCNc1ccccc1)N1CCN(C(=O)c2ccco2)CC1. The molecule has 1 aromatic carbocycles. The number of furan rings is 1. The first-order valence-electron chi connectivity index (χ1n) is 9.35. The van der Waals surface area contributed by atoms with Gasteiger partial charge in [0.25, 0.3) is 5.91 Å². The summed E-state index contributed by atoms with van der Waals surface area (Å²) in [6.07, 6.45) is 2.52. The van der Waals surface area contributed by atoms with Gasteiger partial charge in [-0.1, -0.05) is 18.2 Å². The number of carbonyl (C=O) groups is 1. The average molecular weight is 369 g/mol. The van der Waals surface area contributed by atoms with E-state index in [1.807, 2.05) is 23.1 Å². The van der Waals surface area contributed by atoms with Gasteiger partial charge in [0, 0.05) is 52.0 Å². The van der Waals surface area contributed by atoms with Crippen molar-refractivity contribution in [3.05, 3.63) is 54.5 Å². The Hall–Kier alpha value is -2.96. The minimum Gasteiger partial charge on any atom is -0.459 e. The number of guanidine groups is 1. The third-order valence-electron chi connectivity index (χ3n) is 4.55. The van der Waals surface area contributed by atoms with E-state index in [9.17, 15) is 4.79 Å². The summed E-state index contributed by atoms with van der Waals surface area (Å²) in [5.74, 6) is 1.24. The number of carbonyl (C=O) groups excluding carboxylic acids is 1. The summed E-state index contributed by atoms with van der Waals surface area (Å²) in [5, 5.41) is 6.81. The van der Waals surface area contributed by atoms with E-state index < -0.39 is 0 Å². The third-order valence-corrected chi connectivity index (χ3v) is 4.55. The van der Waals surface area contributed by atoms with Gasteiger partial charge in [-0.3, -0.25) is 9.79 Å². The molecule has 1 aromatic heterocycles. The van der Waals surface area contributed by atoms with Gasteiger partial charge in [-0.05, 0) is 30.7 Å². The second-order valence-electron chi connectivity index (χ2n) is 6.38. The van der Waals surface area contributed by atoms with Crippen LogP contribution in [0.25, 0.3) is 0 Å². The van der Waals surface area contributed by atoms with Crippen LogP contribution in [-0.2, 0) is 0 Å². The van der Waals surface area contributed by atoms with Crippen molar-refractivity contribution in [1.82, 2.24) is 15.1 Å². The number of nitrogens with zero attached hydrogens (tertiary/aromatic N) is 3. The Kier molecular flexibility index (Phi) is 6.73. The van der Waals surface area contributed by atoms with Gasteiger partial charge in [0.05, 0.1) is 6.26 Å². The fourth-order valence-corrected chi connectivity index (χ4v) is 3.09. The van der Waals surface area contributed by atoms with Crippen molar-refractivity contribution in [2.45, 2.75) is 6.42 Å². The molecule has 144 valence electrons. The molecule has 1 aliphatic rings. The Bertz CT molecular complexity index is 722. The first kappa shape index (κ1) is 18.8. The first-order valence-corrected chi connectivity index (χ1v) is 9.35. The van der Waals surface area contributed by atoms with Crippen molar-refractivity contribution in [3.8, 4) is 0 Å². The van der Waals surface area contributed by atoms with Gasteiger partial charge in [-0.25, -0.2) is 0 Å². The van der Waals surface area contributed by atoms with Gasteiger partial charge >= 0.3 is 0 Å². The molecule has 7 heteroatoms. The Labute approximate surface area is 160 Å². The molecule has 2 aromatic rings. The van der Waals surface area contributed by atoms with Gasteiger partial charge in [0.1, 0.15) is 0 Å². The number of aliphatic imine (C=N–C) groups is 1. The van der Waals surface area contributed by atoms with Crippen molar-refractivity contribution in [1.29, 1.82) is 0 Å². The maximum atomic E-state index is 12.3. The molecule has 1 aliphatic heterocycles. The van der Waals surface area contributed by atoms with Crippen LogP contribution in [0.1, 0.15) is 17.0 Å². The zero-order valence-corrected chi connectivity index (χ0v) is 15.7. The second kappa shape index (κ2) is 9.66. The van der Waals surface area contributed by atoms with E-state index >= 15 is 0 Å². The highest BCUT2D eigenvalue weighted by Gasteiger charge is 2.24. The fourth-order valence-electron chi connectivity index (χ4n) is 3.09. The summed E-state index contributed by atoms with van der Waals surface area (Å²) in [7, 11) is 1.80. The zero-order valence-electron chi connectivity index (χ0n) is 15.7. The number of amides is 1. The van der Waals surface area contributed by atoms with E-state index in [4.69, 9.17) is 4.42 Å². The summed E-state index contributed by atoms with van der Waals surface area (Å²) in [6.45, 7) is 4.59. The average Bonchev–Trinajstić information content (AvgIpc) is 3.26. The third kappa shape index (κ3) is 5.26. The monoisotopic (exact) mass is 369 g/mol. The molecule has 27 heavy (non-hydrogen) atoms. The number of hydrogen-bond acceptors (Lipinski definition) is 4. The summed E-state index contributed by atoms with van der Waals surface area (Å²) < 4.78 is 5.21. The number of piperazine rings is 1. The fraction of sp³-hybridized carbons (Fsp3) is 0.400. The summed E-state index contributed by atoms with van der Waals surface area (Å²) >= 11 is 0. The lowest BCUT2D eigenvalue weighted by Gasteiger charge is -2.36. The van der Waals surface area contributed by atoms with E-state index in [0.717, 1.165) is 44.2 Å². The molecule has 0 unspecified atom stereocenters. The molecule has 2 N–H and O–H groups in total. The van der Waals surface area contributed by atoms with E-state index in [-0.39, 0.29) is 5.91 Å². The van der Waals surface area contributed by atoms with Crippen molar-refractivity contribution in [3.63, 3.8) is 0 Å². The Morgan fingerprint density at radius 2 is 1.78 bits per heavy atom. The Morgan fingerprint density at radius 3 is 2.44 bits per heavy atom. The molecule has 0 radical (unpaired) electrons. The number of rotatable bonds is 6. The lowest BCUT2D eigenvalue weighted by Crippen LogP contribution is -2.53.